The Hall–Kier alpha value is -3.07. The molecule has 2 rings (SSSR count). The van der Waals surface area contributed by atoms with E-state index < -0.39 is 5.91 Å². The fraction of sp³-hybridized carbons (Fsp3) is 0.0714. The number of anilines is 1. The maximum absolute atomic E-state index is 11.9. The smallest absolute Gasteiger partial charge is 0.261 e. The van der Waals surface area contributed by atoms with Gasteiger partial charge in [0.05, 0.1) is 0 Å². The molecule has 1 aromatic carbocycles. The Labute approximate surface area is 114 Å². The number of amides is 1. The number of carbonyl (C=O) groups is 1. The molecule has 100 valence electrons. The molecule has 20 heavy (non-hydrogen) atoms. The van der Waals surface area contributed by atoms with Gasteiger partial charge in [0.1, 0.15) is 17.4 Å². The van der Waals surface area contributed by atoms with Crippen molar-refractivity contribution in [3.05, 3.63) is 58.5 Å². The summed E-state index contributed by atoms with van der Waals surface area (Å²) in [6.45, 7) is -0.0366. The Morgan fingerprint density at radius 2 is 2.05 bits per heavy atom. The van der Waals surface area contributed by atoms with Crippen LogP contribution in [0.4, 0.5) is 5.69 Å². The molecular formula is C14H11N3O3. The van der Waals surface area contributed by atoms with E-state index in [2.05, 4.69) is 10.3 Å². The third kappa shape index (κ3) is 3.23. The molecule has 2 N–H and O–H groups in total. The molecule has 6 nitrogen and oxygen atoms in total. The molecule has 0 bridgehead atoms. The number of aromatic nitrogens is 1. The summed E-state index contributed by atoms with van der Waals surface area (Å²) in [5, 5.41) is 11.0. The SMILES string of the molecule is N#CCOc1ccc(NC(=O)c2c[nH]ccc2=O)cc1. The van der Waals surface area contributed by atoms with Gasteiger partial charge in [-0.3, -0.25) is 9.59 Å². The van der Waals surface area contributed by atoms with Gasteiger partial charge in [-0.1, -0.05) is 0 Å². The second kappa shape index (κ2) is 6.20. The Balaban J connectivity index is 2.07. The van der Waals surface area contributed by atoms with Gasteiger partial charge < -0.3 is 15.0 Å². The normalized spacial score (nSPS) is 9.55. The van der Waals surface area contributed by atoms with Gasteiger partial charge in [-0.05, 0) is 24.3 Å². The number of rotatable bonds is 4. The van der Waals surface area contributed by atoms with Crippen LogP contribution in [0.25, 0.3) is 0 Å². The van der Waals surface area contributed by atoms with Gasteiger partial charge in [-0.25, -0.2) is 0 Å². The van der Waals surface area contributed by atoms with Crippen LogP contribution in [0.3, 0.4) is 0 Å². The third-order valence-electron chi connectivity index (χ3n) is 2.48. The summed E-state index contributed by atoms with van der Waals surface area (Å²) in [7, 11) is 0. The van der Waals surface area contributed by atoms with Gasteiger partial charge in [0.2, 0.25) is 0 Å². The molecule has 1 amide bonds. The highest BCUT2D eigenvalue weighted by molar-refractivity contribution is 6.03. The summed E-state index contributed by atoms with van der Waals surface area (Å²) in [5.74, 6) is 0.0413. The van der Waals surface area contributed by atoms with Gasteiger partial charge in [0.25, 0.3) is 5.91 Å². The molecule has 2 aromatic rings. The van der Waals surface area contributed by atoms with Crippen LogP contribution in [0.15, 0.2) is 47.5 Å². The van der Waals surface area contributed by atoms with Crippen molar-refractivity contribution < 1.29 is 9.53 Å². The van der Waals surface area contributed by atoms with Crippen molar-refractivity contribution in [1.82, 2.24) is 4.98 Å². The predicted molar refractivity (Wildman–Crippen MR) is 72.6 cm³/mol. The van der Waals surface area contributed by atoms with Gasteiger partial charge in [-0.2, -0.15) is 5.26 Å². The Kier molecular flexibility index (Phi) is 4.14. The van der Waals surface area contributed by atoms with Crippen LogP contribution in [-0.4, -0.2) is 17.5 Å². The summed E-state index contributed by atoms with van der Waals surface area (Å²) < 4.78 is 5.09. The molecule has 0 aliphatic heterocycles. The van der Waals surface area contributed by atoms with Crippen molar-refractivity contribution >= 4 is 11.6 Å². The lowest BCUT2D eigenvalue weighted by molar-refractivity contribution is 0.102. The molecule has 1 aromatic heterocycles. The Morgan fingerprint density at radius 1 is 1.30 bits per heavy atom. The minimum Gasteiger partial charge on any atom is -0.479 e. The van der Waals surface area contributed by atoms with Crippen molar-refractivity contribution in [3.8, 4) is 11.8 Å². The minimum absolute atomic E-state index is 0.0366. The second-order valence-electron chi connectivity index (χ2n) is 3.85. The number of nitrogens with one attached hydrogen (secondary N) is 2. The largest absolute Gasteiger partial charge is 0.479 e. The molecule has 0 fully saturated rings. The van der Waals surface area contributed by atoms with Crippen molar-refractivity contribution in [2.24, 2.45) is 0 Å². The van der Waals surface area contributed by atoms with Crippen LogP contribution in [0.5, 0.6) is 5.75 Å². The first-order valence-corrected chi connectivity index (χ1v) is 5.79. The molecule has 0 aliphatic rings. The summed E-state index contributed by atoms with van der Waals surface area (Å²) in [6, 6.07) is 9.65. The topological polar surface area (TPSA) is 95.0 Å². The number of H-pyrrole nitrogens is 1. The van der Waals surface area contributed by atoms with E-state index >= 15 is 0 Å². The van der Waals surface area contributed by atoms with Crippen molar-refractivity contribution in [1.29, 1.82) is 5.26 Å². The number of aromatic amines is 1. The summed E-state index contributed by atoms with van der Waals surface area (Å²) >= 11 is 0. The van der Waals surface area contributed by atoms with E-state index in [1.807, 2.05) is 6.07 Å². The summed E-state index contributed by atoms with van der Waals surface area (Å²) in [5.41, 5.74) is 0.218. The molecule has 0 saturated heterocycles. The van der Waals surface area contributed by atoms with E-state index in [4.69, 9.17) is 10.00 Å². The van der Waals surface area contributed by atoms with E-state index in [1.165, 1.54) is 18.5 Å². The molecule has 0 atom stereocenters. The lowest BCUT2D eigenvalue weighted by Gasteiger charge is -2.06. The zero-order chi connectivity index (χ0) is 14.4. The average Bonchev–Trinajstić information content (AvgIpc) is 2.47. The van der Waals surface area contributed by atoms with Gasteiger partial charge in [0.15, 0.2) is 12.0 Å². The average molecular weight is 269 g/mol. The third-order valence-corrected chi connectivity index (χ3v) is 2.48. The molecule has 0 saturated carbocycles. The number of nitriles is 1. The maximum atomic E-state index is 11.9. The quantitative estimate of drug-likeness (QED) is 0.879. The molecule has 1 heterocycles. The number of nitrogens with zero attached hydrogens (tertiary/aromatic N) is 1. The maximum Gasteiger partial charge on any atom is 0.261 e. The number of hydrogen-bond acceptors (Lipinski definition) is 4. The van der Waals surface area contributed by atoms with Crippen molar-refractivity contribution in [2.75, 3.05) is 11.9 Å². The minimum atomic E-state index is -0.488. The fourth-order valence-corrected chi connectivity index (χ4v) is 1.54. The number of carbonyl (C=O) groups excluding carboxylic acids is 1. The molecule has 0 spiro atoms. The zero-order valence-electron chi connectivity index (χ0n) is 10.4. The lowest BCUT2D eigenvalue weighted by atomic mass is 10.2. The zero-order valence-corrected chi connectivity index (χ0v) is 10.4. The van der Waals surface area contributed by atoms with E-state index in [1.54, 1.807) is 24.3 Å². The number of ether oxygens (including phenoxy) is 1. The van der Waals surface area contributed by atoms with E-state index in [9.17, 15) is 9.59 Å². The van der Waals surface area contributed by atoms with Crippen LogP contribution in [-0.2, 0) is 0 Å². The second-order valence-corrected chi connectivity index (χ2v) is 3.85. The molecule has 6 heteroatoms. The fourth-order valence-electron chi connectivity index (χ4n) is 1.54. The predicted octanol–water partition coefficient (Wildman–Crippen LogP) is 1.53. The summed E-state index contributed by atoms with van der Waals surface area (Å²) in [6.07, 6.45) is 2.81. The molecule has 0 radical (unpaired) electrons. The van der Waals surface area contributed by atoms with Gasteiger partial charge in [-0.15, -0.1) is 0 Å². The van der Waals surface area contributed by atoms with Crippen molar-refractivity contribution in [3.63, 3.8) is 0 Å². The highest BCUT2D eigenvalue weighted by Gasteiger charge is 2.09. The number of pyridine rings is 1. The highest BCUT2D eigenvalue weighted by Crippen LogP contribution is 2.15. The Morgan fingerprint density at radius 3 is 2.70 bits per heavy atom. The van der Waals surface area contributed by atoms with E-state index in [0.29, 0.717) is 11.4 Å². The lowest BCUT2D eigenvalue weighted by Crippen LogP contribution is -2.20. The first-order valence-electron chi connectivity index (χ1n) is 5.79. The van der Waals surface area contributed by atoms with Crippen molar-refractivity contribution in [2.45, 2.75) is 0 Å². The van der Waals surface area contributed by atoms with Gasteiger partial charge >= 0.3 is 0 Å². The van der Waals surface area contributed by atoms with Crippen LogP contribution < -0.4 is 15.5 Å². The van der Waals surface area contributed by atoms with Crippen LogP contribution in [0.2, 0.25) is 0 Å². The first kappa shape index (κ1) is 13.4. The number of hydrogen-bond donors (Lipinski definition) is 2. The first-order chi connectivity index (χ1) is 9.70. The van der Waals surface area contributed by atoms with Crippen LogP contribution in [0.1, 0.15) is 10.4 Å². The van der Waals surface area contributed by atoms with Crippen LogP contribution in [0, 0.1) is 11.3 Å². The molecular weight excluding hydrogens is 258 g/mol. The highest BCUT2D eigenvalue weighted by atomic mass is 16.5. The van der Waals surface area contributed by atoms with Gasteiger partial charge in [0, 0.05) is 24.1 Å². The molecule has 0 aliphatic carbocycles. The molecule has 0 unspecified atom stereocenters. The standard InChI is InChI=1S/C14H11N3O3/c15-6-8-20-11-3-1-10(2-4-11)17-14(19)12-9-16-7-5-13(12)18/h1-5,7,9H,8H2,(H,16,18)(H,17,19). The van der Waals surface area contributed by atoms with Crippen LogP contribution >= 0.6 is 0 Å². The monoisotopic (exact) mass is 269 g/mol. The van der Waals surface area contributed by atoms with E-state index in [0.717, 1.165) is 0 Å². The van der Waals surface area contributed by atoms with E-state index in [-0.39, 0.29) is 17.6 Å². The number of benzene rings is 1. The summed E-state index contributed by atoms with van der Waals surface area (Å²) in [4.78, 5) is 26.1. The Bertz CT molecular complexity index is 699.